The SMILES string of the molecule is Cc1nnc(NC(=O)c2sccc2/C=C/C(=O)O)s1. The zero-order valence-corrected chi connectivity index (χ0v) is 11.4. The maximum Gasteiger partial charge on any atom is 0.328 e. The summed E-state index contributed by atoms with van der Waals surface area (Å²) in [7, 11) is 0. The highest BCUT2D eigenvalue weighted by Gasteiger charge is 2.13. The number of hydrogen-bond donors (Lipinski definition) is 2. The molecule has 0 bridgehead atoms. The smallest absolute Gasteiger partial charge is 0.328 e. The van der Waals surface area contributed by atoms with Crippen LogP contribution in [0.2, 0.25) is 0 Å². The zero-order chi connectivity index (χ0) is 13.8. The van der Waals surface area contributed by atoms with Crippen LogP contribution in [0.25, 0.3) is 6.08 Å². The van der Waals surface area contributed by atoms with E-state index >= 15 is 0 Å². The highest BCUT2D eigenvalue weighted by Crippen LogP contribution is 2.21. The molecule has 0 unspecified atom stereocenters. The molecule has 0 saturated heterocycles. The van der Waals surface area contributed by atoms with E-state index in [1.54, 1.807) is 18.4 Å². The second-order valence-electron chi connectivity index (χ2n) is 3.46. The van der Waals surface area contributed by atoms with Crippen molar-refractivity contribution in [3.8, 4) is 0 Å². The number of carboxylic acids is 1. The molecule has 2 rings (SSSR count). The van der Waals surface area contributed by atoms with Crippen LogP contribution in [0.4, 0.5) is 5.13 Å². The van der Waals surface area contributed by atoms with Crippen LogP contribution in [0.3, 0.4) is 0 Å². The van der Waals surface area contributed by atoms with Gasteiger partial charge in [0.25, 0.3) is 5.91 Å². The molecule has 0 radical (unpaired) electrons. The number of carbonyl (C=O) groups is 2. The molecule has 1 amide bonds. The lowest BCUT2D eigenvalue weighted by molar-refractivity contribution is -0.131. The van der Waals surface area contributed by atoms with Crippen LogP contribution in [0, 0.1) is 6.92 Å². The first-order chi connectivity index (χ1) is 9.06. The number of nitrogens with zero attached hydrogens (tertiary/aromatic N) is 2. The van der Waals surface area contributed by atoms with Gasteiger partial charge < -0.3 is 5.11 Å². The van der Waals surface area contributed by atoms with Gasteiger partial charge in [0.15, 0.2) is 0 Å². The molecule has 0 aromatic carbocycles. The molecular formula is C11H9N3O3S2. The Labute approximate surface area is 116 Å². The molecule has 2 aromatic heterocycles. The largest absolute Gasteiger partial charge is 0.478 e. The van der Waals surface area contributed by atoms with Crippen molar-refractivity contribution in [1.29, 1.82) is 0 Å². The van der Waals surface area contributed by atoms with E-state index in [0.29, 0.717) is 15.6 Å². The minimum Gasteiger partial charge on any atom is -0.478 e. The van der Waals surface area contributed by atoms with Gasteiger partial charge in [-0.1, -0.05) is 11.3 Å². The van der Waals surface area contributed by atoms with Crippen LogP contribution in [0.5, 0.6) is 0 Å². The highest BCUT2D eigenvalue weighted by molar-refractivity contribution is 7.15. The number of aliphatic carboxylic acids is 1. The second-order valence-corrected chi connectivity index (χ2v) is 5.55. The van der Waals surface area contributed by atoms with Crippen LogP contribution < -0.4 is 5.32 Å². The van der Waals surface area contributed by atoms with E-state index in [1.165, 1.54) is 28.7 Å². The van der Waals surface area contributed by atoms with Gasteiger partial charge in [-0.2, -0.15) is 0 Å². The van der Waals surface area contributed by atoms with Gasteiger partial charge in [-0.25, -0.2) is 4.79 Å². The summed E-state index contributed by atoms with van der Waals surface area (Å²) in [4.78, 5) is 22.9. The van der Waals surface area contributed by atoms with Crippen molar-refractivity contribution in [3.63, 3.8) is 0 Å². The molecule has 0 aliphatic heterocycles. The van der Waals surface area contributed by atoms with E-state index < -0.39 is 5.97 Å². The van der Waals surface area contributed by atoms with E-state index in [4.69, 9.17) is 5.11 Å². The normalized spacial score (nSPS) is 10.8. The van der Waals surface area contributed by atoms with Gasteiger partial charge in [-0.15, -0.1) is 21.5 Å². The fourth-order valence-electron chi connectivity index (χ4n) is 1.30. The number of aryl methyl sites for hydroxylation is 1. The van der Waals surface area contributed by atoms with Crippen LogP contribution >= 0.6 is 22.7 Å². The van der Waals surface area contributed by atoms with E-state index in [-0.39, 0.29) is 5.91 Å². The molecule has 2 heterocycles. The van der Waals surface area contributed by atoms with Crippen LogP contribution in [-0.2, 0) is 4.79 Å². The van der Waals surface area contributed by atoms with Crippen LogP contribution in [0.15, 0.2) is 17.5 Å². The lowest BCUT2D eigenvalue weighted by Crippen LogP contribution is -2.11. The second kappa shape index (κ2) is 5.72. The molecule has 0 aliphatic rings. The van der Waals surface area contributed by atoms with E-state index in [9.17, 15) is 9.59 Å². The van der Waals surface area contributed by atoms with Gasteiger partial charge in [0, 0.05) is 6.08 Å². The predicted octanol–water partition coefficient (Wildman–Crippen LogP) is 2.26. The first-order valence-corrected chi connectivity index (χ1v) is 6.86. The Morgan fingerprint density at radius 1 is 1.42 bits per heavy atom. The van der Waals surface area contributed by atoms with Crippen molar-refractivity contribution in [2.45, 2.75) is 6.92 Å². The lowest BCUT2D eigenvalue weighted by Gasteiger charge is -1.99. The minimum atomic E-state index is -1.06. The maximum atomic E-state index is 12.0. The number of rotatable bonds is 4. The summed E-state index contributed by atoms with van der Waals surface area (Å²) in [5.41, 5.74) is 0.561. The average Bonchev–Trinajstić information content (AvgIpc) is 2.95. The third kappa shape index (κ3) is 3.46. The molecular weight excluding hydrogens is 286 g/mol. The minimum absolute atomic E-state index is 0.323. The number of hydrogen-bond acceptors (Lipinski definition) is 6. The van der Waals surface area contributed by atoms with Crippen molar-refractivity contribution in [2.24, 2.45) is 0 Å². The van der Waals surface area contributed by atoms with Gasteiger partial charge >= 0.3 is 5.97 Å². The standard InChI is InChI=1S/C11H9N3O3S2/c1-6-13-14-11(19-6)12-10(17)9-7(4-5-18-9)2-3-8(15)16/h2-5H,1H3,(H,15,16)(H,12,14,17)/b3-2+. The molecule has 2 N–H and O–H groups in total. The van der Waals surface area contributed by atoms with Gasteiger partial charge in [0.05, 0.1) is 4.88 Å². The van der Waals surface area contributed by atoms with E-state index in [0.717, 1.165) is 11.1 Å². The third-order valence-electron chi connectivity index (χ3n) is 2.05. The summed E-state index contributed by atoms with van der Waals surface area (Å²) in [6, 6.07) is 1.68. The summed E-state index contributed by atoms with van der Waals surface area (Å²) in [6.45, 7) is 1.79. The molecule has 0 fully saturated rings. The Balaban J connectivity index is 2.15. The summed E-state index contributed by atoms with van der Waals surface area (Å²) < 4.78 is 0. The average molecular weight is 295 g/mol. The third-order valence-corrected chi connectivity index (χ3v) is 3.74. The zero-order valence-electron chi connectivity index (χ0n) is 9.78. The van der Waals surface area contributed by atoms with Gasteiger partial charge in [0.1, 0.15) is 5.01 Å². The number of nitrogens with one attached hydrogen (secondary N) is 1. The van der Waals surface area contributed by atoms with Crippen molar-refractivity contribution in [3.05, 3.63) is 33.0 Å². The predicted molar refractivity (Wildman–Crippen MR) is 73.6 cm³/mol. The Bertz CT molecular complexity index is 645. The first-order valence-electron chi connectivity index (χ1n) is 5.16. The number of carbonyl (C=O) groups excluding carboxylic acids is 1. The highest BCUT2D eigenvalue weighted by atomic mass is 32.1. The molecule has 19 heavy (non-hydrogen) atoms. The number of anilines is 1. The molecule has 0 spiro atoms. The van der Waals surface area contributed by atoms with E-state index in [1.807, 2.05) is 0 Å². The Morgan fingerprint density at radius 2 is 2.21 bits per heavy atom. The van der Waals surface area contributed by atoms with Gasteiger partial charge in [-0.05, 0) is 30.0 Å². The van der Waals surface area contributed by atoms with Crippen molar-refractivity contribution < 1.29 is 14.7 Å². The molecule has 0 saturated carbocycles. The molecule has 2 aromatic rings. The van der Waals surface area contributed by atoms with Crippen LogP contribution in [0.1, 0.15) is 20.2 Å². The number of aromatic nitrogens is 2. The maximum absolute atomic E-state index is 12.0. The number of thiophene rings is 1. The Kier molecular flexibility index (Phi) is 4.03. The summed E-state index contributed by atoms with van der Waals surface area (Å²) >= 11 is 2.51. The number of amides is 1. The molecule has 6 nitrogen and oxygen atoms in total. The number of carboxylic acid groups (broad SMARTS) is 1. The van der Waals surface area contributed by atoms with Crippen molar-refractivity contribution in [1.82, 2.24) is 10.2 Å². The quantitative estimate of drug-likeness (QED) is 0.844. The molecule has 0 atom stereocenters. The summed E-state index contributed by atoms with van der Waals surface area (Å²) in [6.07, 6.45) is 2.38. The fourth-order valence-corrected chi connectivity index (χ4v) is 2.66. The summed E-state index contributed by atoms with van der Waals surface area (Å²) in [5.74, 6) is -1.38. The monoisotopic (exact) mass is 295 g/mol. The molecule has 0 aliphatic carbocycles. The van der Waals surface area contributed by atoms with Gasteiger partial charge in [-0.3, -0.25) is 10.1 Å². The van der Waals surface area contributed by atoms with Crippen molar-refractivity contribution >= 4 is 45.8 Å². The fraction of sp³-hybridized carbons (Fsp3) is 0.0909. The topological polar surface area (TPSA) is 92.2 Å². The molecule has 8 heteroatoms. The van der Waals surface area contributed by atoms with Gasteiger partial charge in [0.2, 0.25) is 5.13 Å². The Hall–Kier alpha value is -2.06. The lowest BCUT2D eigenvalue weighted by atomic mass is 10.2. The Morgan fingerprint density at radius 3 is 2.84 bits per heavy atom. The van der Waals surface area contributed by atoms with Crippen molar-refractivity contribution in [2.75, 3.05) is 5.32 Å². The molecule has 98 valence electrons. The van der Waals surface area contributed by atoms with Crippen LogP contribution in [-0.4, -0.2) is 27.2 Å². The van der Waals surface area contributed by atoms with E-state index in [2.05, 4.69) is 15.5 Å². The summed E-state index contributed by atoms with van der Waals surface area (Å²) in [5, 5.41) is 21.7. The first kappa shape index (κ1) is 13.4.